The number of hydrogen-bond acceptors (Lipinski definition) is 9. The van der Waals surface area contributed by atoms with Crippen LogP contribution >= 0.6 is 19.2 Å². The Bertz CT molecular complexity index is 1210. The Morgan fingerprint density at radius 2 is 1.95 bits per heavy atom. The van der Waals surface area contributed by atoms with Crippen LogP contribution in [0.15, 0.2) is 35.5 Å². The van der Waals surface area contributed by atoms with Crippen molar-refractivity contribution in [2.75, 3.05) is 26.0 Å². The Hall–Kier alpha value is -2.89. The number of phenols is 1. The van der Waals surface area contributed by atoms with Crippen LogP contribution in [0.2, 0.25) is 5.02 Å². The predicted molar refractivity (Wildman–Crippen MR) is 147 cm³/mol. The standard InChI is InChI=1S/C26H34ClN2O10P/c1-17-7-5-9-19(30)10-6-8-18(28-38-15-23(32)29-11-3-2-4-12-29)13-20-24(26(33)39-17)21(31)14-22(25(20)27)37-16-40(34,35)36/h5-6,8-9,14,17,19,30-31H,2-4,7,10-13,15-16H2,1H3,(H2,34,35,36)/b8-6+,9-5+,28-18-/t17-,19+/m1/s1. The van der Waals surface area contributed by atoms with Crippen molar-refractivity contribution >= 4 is 36.8 Å². The molecule has 220 valence electrons. The van der Waals surface area contributed by atoms with E-state index in [1.807, 2.05) is 0 Å². The number of aromatic hydroxyl groups is 1. The average molecular weight is 601 g/mol. The number of halogens is 1. The van der Waals surface area contributed by atoms with E-state index in [1.54, 1.807) is 30.1 Å². The minimum absolute atomic E-state index is 0.00193. The predicted octanol–water partition coefficient (Wildman–Crippen LogP) is 3.30. The van der Waals surface area contributed by atoms with Crippen molar-refractivity contribution in [2.24, 2.45) is 5.16 Å². The minimum Gasteiger partial charge on any atom is -0.507 e. The van der Waals surface area contributed by atoms with Crippen molar-refractivity contribution in [1.29, 1.82) is 0 Å². The lowest BCUT2D eigenvalue weighted by Crippen LogP contribution is -2.37. The summed E-state index contributed by atoms with van der Waals surface area (Å²) in [6, 6.07) is 0.975. The lowest BCUT2D eigenvalue weighted by molar-refractivity contribution is -0.137. The van der Waals surface area contributed by atoms with Gasteiger partial charge in [-0.25, -0.2) is 4.79 Å². The van der Waals surface area contributed by atoms with Crippen LogP contribution in [0.1, 0.15) is 54.9 Å². The smallest absolute Gasteiger partial charge is 0.362 e. The van der Waals surface area contributed by atoms with E-state index in [9.17, 15) is 34.2 Å². The van der Waals surface area contributed by atoms with E-state index in [-0.39, 0.29) is 53.0 Å². The number of benzene rings is 1. The summed E-state index contributed by atoms with van der Waals surface area (Å²) in [5.41, 5.74) is -0.107. The zero-order valence-corrected chi connectivity index (χ0v) is 23.7. The van der Waals surface area contributed by atoms with Gasteiger partial charge in [0.2, 0.25) is 0 Å². The van der Waals surface area contributed by atoms with E-state index in [0.29, 0.717) is 19.5 Å². The average Bonchev–Trinajstić information content (AvgIpc) is 2.88. The van der Waals surface area contributed by atoms with E-state index in [0.717, 1.165) is 25.3 Å². The molecule has 0 aromatic heterocycles. The number of likely N-dealkylation sites (tertiary alicyclic amines) is 1. The highest BCUT2D eigenvalue weighted by atomic mass is 35.5. The first-order valence-corrected chi connectivity index (χ1v) is 15.0. The van der Waals surface area contributed by atoms with Crippen molar-refractivity contribution in [1.82, 2.24) is 4.90 Å². The van der Waals surface area contributed by atoms with Gasteiger partial charge in [0, 0.05) is 32.0 Å². The molecule has 1 fully saturated rings. The lowest BCUT2D eigenvalue weighted by Gasteiger charge is -2.26. The third kappa shape index (κ3) is 9.64. The third-order valence-electron chi connectivity index (χ3n) is 6.16. The molecule has 40 heavy (non-hydrogen) atoms. The number of amides is 1. The fourth-order valence-corrected chi connectivity index (χ4v) is 4.75. The maximum atomic E-state index is 13.1. The van der Waals surface area contributed by atoms with Gasteiger partial charge in [-0.15, -0.1) is 0 Å². The molecule has 2 atom stereocenters. The van der Waals surface area contributed by atoms with Crippen molar-refractivity contribution in [3.8, 4) is 11.5 Å². The Labute approximate surface area is 237 Å². The molecule has 0 spiro atoms. The monoisotopic (exact) mass is 600 g/mol. The first-order chi connectivity index (χ1) is 18.9. The van der Waals surface area contributed by atoms with Crippen molar-refractivity contribution in [3.05, 3.63) is 46.5 Å². The number of aliphatic hydroxyl groups excluding tert-OH is 1. The van der Waals surface area contributed by atoms with Gasteiger partial charge in [0.05, 0.1) is 16.8 Å². The Morgan fingerprint density at radius 3 is 2.65 bits per heavy atom. The van der Waals surface area contributed by atoms with Crippen molar-refractivity contribution in [3.63, 3.8) is 0 Å². The summed E-state index contributed by atoms with van der Waals surface area (Å²) >= 11 is 6.53. The number of phenolic OH excluding ortho intramolecular Hbond substituents is 1. The summed E-state index contributed by atoms with van der Waals surface area (Å²) in [7, 11) is -4.59. The van der Waals surface area contributed by atoms with E-state index in [4.69, 9.17) is 25.9 Å². The molecule has 0 bridgehead atoms. The molecular formula is C26H34ClN2O10P. The van der Waals surface area contributed by atoms with Gasteiger partial charge in [-0.2, -0.15) is 0 Å². The maximum absolute atomic E-state index is 13.1. The number of ether oxygens (including phenoxy) is 2. The van der Waals surface area contributed by atoms with Crippen molar-refractivity contribution in [2.45, 2.75) is 57.7 Å². The number of carbonyl (C=O) groups excluding carboxylic acids is 2. The molecule has 1 saturated heterocycles. The van der Waals surface area contributed by atoms with Crippen LogP contribution in [0.5, 0.6) is 11.5 Å². The normalized spacial score (nSPS) is 23.5. The number of carbonyl (C=O) groups is 2. The molecule has 0 saturated carbocycles. The van der Waals surface area contributed by atoms with Crippen molar-refractivity contribution < 1.29 is 48.5 Å². The van der Waals surface area contributed by atoms with Crippen LogP contribution in [0.3, 0.4) is 0 Å². The van der Waals surface area contributed by atoms with Gasteiger partial charge < -0.3 is 39.2 Å². The first-order valence-electron chi connectivity index (χ1n) is 12.8. The van der Waals surface area contributed by atoms with Crippen LogP contribution in [0.25, 0.3) is 0 Å². The van der Waals surface area contributed by atoms with E-state index in [2.05, 4.69) is 5.16 Å². The second kappa shape index (κ2) is 14.7. The quantitative estimate of drug-likeness (QED) is 0.164. The highest BCUT2D eigenvalue weighted by molar-refractivity contribution is 7.51. The van der Waals surface area contributed by atoms with E-state index < -0.39 is 37.9 Å². The molecule has 1 amide bonds. The van der Waals surface area contributed by atoms with Gasteiger partial charge in [-0.1, -0.05) is 35.0 Å². The molecule has 0 aliphatic carbocycles. The van der Waals surface area contributed by atoms with Gasteiger partial charge >= 0.3 is 13.6 Å². The highest BCUT2D eigenvalue weighted by Gasteiger charge is 2.27. The van der Waals surface area contributed by atoms with Gasteiger partial charge in [0.1, 0.15) is 23.2 Å². The molecule has 0 unspecified atom stereocenters. The van der Waals surface area contributed by atoms with Crippen LogP contribution in [-0.2, 0) is 25.4 Å². The van der Waals surface area contributed by atoms with Crippen LogP contribution < -0.4 is 4.74 Å². The molecule has 2 aliphatic rings. The molecule has 14 heteroatoms. The first kappa shape index (κ1) is 31.6. The summed E-state index contributed by atoms with van der Waals surface area (Å²) < 4.78 is 22.0. The number of oxime groups is 1. The number of cyclic esters (lactones) is 1. The number of esters is 1. The van der Waals surface area contributed by atoms with Gasteiger partial charge in [0.15, 0.2) is 13.0 Å². The summed E-state index contributed by atoms with van der Waals surface area (Å²) in [4.78, 5) is 51.1. The summed E-state index contributed by atoms with van der Waals surface area (Å²) in [6.07, 6.45) is 7.10. The van der Waals surface area contributed by atoms with Gasteiger partial charge in [0.25, 0.3) is 5.91 Å². The Kier molecular flexibility index (Phi) is 11.6. The largest absolute Gasteiger partial charge is 0.507 e. The zero-order valence-electron chi connectivity index (χ0n) is 22.1. The fourth-order valence-electron chi connectivity index (χ4n) is 4.17. The number of rotatable bonds is 6. The van der Waals surface area contributed by atoms with Crippen LogP contribution in [0, 0.1) is 0 Å². The third-order valence-corrected chi connectivity index (χ3v) is 7.04. The maximum Gasteiger partial charge on any atom is 0.362 e. The molecule has 2 heterocycles. The molecular weight excluding hydrogens is 567 g/mol. The number of nitrogens with zero attached hydrogens (tertiary/aromatic N) is 2. The molecule has 3 rings (SSSR count). The van der Waals surface area contributed by atoms with Gasteiger partial charge in [-0.05, 0) is 44.2 Å². The second-order valence-electron chi connectivity index (χ2n) is 9.56. The molecule has 2 aliphatic heterocycles. The fraction of sp³-hybridized carbons (Fsp3) is 0.500. The highest BCUT2D eigenvalue weighted by Crippen LogP contribution is 2.41. The minimum atomic E-state index is -4.59. The molecule has 4 N–H and O–H groups in total. The number of piperidine rings is 1. The molecule has 1 aromatic rings. The molecule has 1 aromatic carbocycles. The number of fused-ring (bicyclic) bond motifs is 1. The van der Waals surface area contributed by atoms with Crippen LogP contribution in [0.4, 0.5) is 0 Å². The topological polar surface area (TPSA) is 175 Å². The second-order valence-corrected chi connectivity index (χ2v) is 11.5. The number of allylic oxidation sites excluding steroid dienone is 1. The summed E-state index contributed by atoms with van der Waals surface area (Å²) in [5, 5.41) is 24.8. The zero-order chi connectivity index (χ0) is 29.3. The SMILES string of the molecule is C[C@@H]1C/C=C/[C@H](O)C/C=C/C(=N/OCC(=O)N2CCCCC2)Cc2c(Cl)c(OCP(=O)(O)O)cc(O)c2C(=O)O1. The Morgan fingerprint density at radius 1 is 1.23 bits per heavy atom. The van der Waals surface area contributed by atoms with Crippen LogP contribution in [-0.4, -0.2) is 80.7 Å². The summed E-state index contributed by atoms with van der Waals surface area (Å²) in [6.45, 7) is 2.60. The van der Waals surface area contributed by atoms with Gasteiger partial charge in [-0.3, -0.25) is 9.36 Å². The van der Waals surface area contributed by atoms with E-state index in [1.165, 1.54) is 6.08 Å². The molecule has 0 radical (unpaired) electrons. The Balaban J connectivity index is 1.99. The number of hydrogen-bond donors (Lipinski definition) is 4. The lowest BCUT2D eigenvalue weighted by atomic mass is 9.99. The van der Waals surface area contributed by atoms with E-state index >= 15 is 0 Å². The number of aliphatic hydroxyl groups is 1. The summed E-state index contributed by atoms with van der Waals surface area (Å²) in [5.74, 6) is -1.99. The molecule has 12 nitrogen and oxygen atoms in total.